The number of hydrogen-bond donors (Lipinski definition) is 2. The van der Waals surface area contributed by atoms with Gasteiger partial charge in [-0.3, -0.25) is 6.29 Å². The third kappa shape index (κ3) is 31.8. The summed E-state index contributed by atoms with van der Waals surface area (Å²) >= 11 is 0. The molecular formula is C21H41NaO4. The Labute approximate surface area is 183 Å². The Morgan fingerprint density at radius 1 is 0.769 bits per heavy atom. The largest absolute Gasteiger partial charge is 1.00 e. The van der Waals surface area contributed by atoms with Crippen molar-refractivity contribution in [2.75, 3.05) is 0 Å². The summed E-state index contributed by atoms with van der Waals surface area (Å²) in [5.74, 6) is -0.306. The fraction of sp³-hybridized carbons (Fsp3) is 0.905. The molecule has 0 spiro atoms. The van der Waals surface area contributed by atoms with Gasteiger partial charge in [0.2, 0.25) is 0 Å². The average Bonchev–Trinajstić information content (AvgIpc) is 2.55. The van der Waals surface area contributed by atoms with Crippen molar-refractivity contribution in [1.29, 1.82) is 0 Å². The van der Waals surface area contributed by atoms with Crippen molar-refractivity contribution in [2.45, 2.75) is 117 Å². The molecule has 0 aromatic heterocycles. The molecule has 26 heavy (non-hydrogen) atoms. The van der Waals surface area contributed by atoms with Gasteiger partial charge in [0.15, 0.2) is 0 Å². The molecule has 0 aliphatic heterocycles. The minimum atomic E-state index is -1.23. The van der Waals surface area contributed by atoms with Gasteiger partial charge in [-0.15, -0.1) is 0 Å². The fourth-order valence-electron chi connectivity index (χ4n) is 2.52. The van der Waals surface area contributed by atoms with Crippen LogP contribution in [-0.4, -0.2) is 28.6 Å². The second-order valence-electron chi connectivity index (χ2n) is 7.33. The van der Waals surface area contributed by atoms with Crippen LogP contribution in [0, 0.1) is 5.92 Å². The first-order chi connectivity index (χ1) is 11.9. The molecule has 2 N–H and O–H groups in total. The summed E-state index contributed by atoms with van der Waals surface area (Å²) in [5, 5.41) is 15.8. The zero-order valence-corrected chi connectivity index (χ0v) is 19.8. The maximum Gasteiger partial charge on any atom is 1.00 e. The average molecular weight is 381 g/mol. The molecule has 150 valence electrons. The van der Waals surface area contributed by atoms with E-state index in [1.165, 1.54) is 84.0 Å². The molecule has 0 radical (unpaired) electrons. The SMILES string of the molecule is CC(C)CCCCCCCCCCCCCC[C-]=O.CC(O)C(=O)O.[Na+]. The number of unbranched alkanes of at least 4 members (excludes halogenated alkanes) is 12. The molecule has 0 fully saturated rings. The fourth-order valence-corrected chi connectivity index (χ4v) is 2.52. The van der Waals surface area contributed by atoms with Crippen LogP contribution in [0.1, 0.15) is 111 Å². The van der Waals surface area contributed by atoms with Crippen molar-refractivity contribution in [2.24, 2.45) is 5.92 Å². The molecule has 1 unspecified atom stereocenters. The first kappa shape index (κ1) is 30.8. The Morgan fingerprint density at radius 2 is 1.08 bits per heavy atom. The van der Waals surface area contributed by atoms with Crippen LogP contribution in [0.4, 0.5) is 0 Å². The van der Waals surface area contributed by atoms with Crippen LogP contribution in [0.5, 0.6) is 0 Å². The number of carboxylic acids is 1. The van der Waals surface area contributed by atoms with Crippen LogP contribution < -0.4 is 29.6 Å². The molecule has 0 saturated heterocycles. The molecule has 0 aliphatic carbocycles. The van der Waals surface area contributed by atoms with Gasteiger partial charge < -0.3 is 15.0 Å². The van der Waals surface area contributed by atoms with Crippen LogP contribution >= 0.6 is 0 Å². The normalized spacial score (nSPS) is 11.3. The number of aliphatic hydroxyl groups is 1. The Kier molecular flexibility index (Phi) is 29.7. The van der Waals surface area contributed by atoms with Crippen molar-refractivity contribution >= 4 is 12.3 Å². The zero-order chi connectivity index (χ0) is 19.3. The van der Waals surface area contributed by atoms with Gasteiger partial charge in [-0.25, -0.2) is 4.79 Å². The van der Waals surface area contributed by atoms with Crippen LogP contribution in [0.15, 0.2) is 0 Å². The van der Waals surface area contributed by atoms with Crippen LogP contribution in [0.3, 0.4) is 0 Å². The number of hydrogen-bond acceptors (Lipinski definition) is 3. The van der Waals surface area contributed by atoms with E-state index in [1.807, 2.05) is 6.29 Å². The summed E-state index contributed by atoms with van der Waals surface area (Å²) in [6.07, 6.45) is 19.1. The summed E-state index contributed by atoms with van der Waals surface area (Å²) in [5.41, 5.74) is 0. The number of aliphatic carboxylic acids is 1. The molecule has 0 aromatic rings. The van der Waals surface area contributed by atoms with E-state index >= 15 is 0 Å². The predicted octanol–water partition coefficient (Wildman–Crippen LogP) is 2.67. The van der Waals surface area contributed by atoms with Crippen molar-refractivity contribution in [3.05, 3.63) is 0 Å². The monoisotopic (exact) mass is 380 g/mol. The van der Waals surface area contributed by atoms with Crippen molar-refractivity contribution in [3.63, 3.8) is 0 Å². The maximum atomic E-state index is 10.0. The van der Waals surface area contributed by atoms with Gasteiger partial charge >= 0.3 is 35.5 Å². The zero-order valence-electron chi connectivity index (χ0n) is 17.8. The van der Waals surface area contributed by atoms with Gasteiger partial charge in [0.1, 0.15) is 6.10 Å². The van der Waals surface area contributed by atoms with Crippen molar-refractivity contribution < 1.29 is 49.4 Å². The van der Waals surface area contributed by atoms with Crippen LogP contribution in [0.25, 0.3) is 0 Å². The maximum absolute atomic E-state index is 10.0. The van der Waals surface area contributed by atoms with Crippen molar-refractivity contribution in [3.8, 4) is 0 Å². The van der Waals surface area contributed by atoms with Crippen LogP contribution in [0.2, 0.25) is 0 Å². The van der Waals surface area contributed by atoms with Gasteiger partial charge in [-0.05, 0) is 12.8 Å². The molecule has 0 rings (SSSR count). The summed E-state index contributed by atoms with van der Waals surface area (Å²) in [6, 6.07) is 0. The summed E-state index contributed by atoms with van der Waals surface area (Å²) in [4.78, 5) is 19.5. The third-order valence-corrected chi connectivity index (χ3v) is 4.17. The quantitative estimate of drug-likeness (QED) is 0.245. The first-order valence-electron chi connectivity index (χ1n) is 10.2. The minimum absolute atomic E-state index is 0. The summed E-state index contributed by atoms with van der Waals surface area (Å²) in [7, 11) is 0. The standard InChI is InChI=1S/C18H35O.C3H6O3.Na/c1-18(2)16-14-12-10-8-6-4-3-5-7-9-11-13-15-17-19;1-2(4)3(5)6;/h18H,3-16H2,1-2H3;2,4H,1H3,(H,5,6);/q-1;;+1. The topological polar surface area (TPSA) is 74.6 Å². The van der Waals surface area contributed by atoms with E-state index in [0.29, 0.717) is 6.42 Å². The number of rotatable bonds is 16. The number of carboxylic acid groups (broad SMARTS) is 1. The molecule has 0 saturated carbocycles. The summed E-state index contributed by atoms with van der Waals surface area (Å²) in [6.45, 7) is 5.83. The Hall–Kier alpha value is 0.100. The third-order valence-electron chi connectivity index (χ3n) is 4.17. The molecule has 5 heteroatoms. The predicted molar refractivity (Wildman–Crippen MR) is 104 cm³/mol. The molecule has 4 nitrogen and oxygen atoms in total. The number of carbonyl (C=O) groups excluding carboxylic acids is 1. The minimum Gasteiger partial charge on any atom is -0.542 e. The van der Waals surface area contributed by atoms with E-state index < -0.39 is 12.1 Å². The van der Waals surface area contributed by atoms with E-state index in [9.17, 15) is 9.59 Å². The Morgan fingerprint density at radius 3 is 1.35 bits per heavy atom. The van der Waals surface area contributed by atoms with E-state index in [1.54, 1.807) is 0 Å². The van der Waals surface area contributed by atoms with Gasteiger partial charge in [-0.1, -0.05) is 97.3 Å². The first-order valence-corrected chi connectivity index (χ1v) is 10.2. The van der Waals surface area contributed by atoms with Crippen molar-refractivity contribution in [1.82, 2.24) is 0 Å². The van der Waals surface area contributed by atoms with Gasteiger partial charge in [-0.2, -0.15) is 6.42 Å². The molecule has 0 amide bonds. The number of aliphatic hydroxyl groups excluding tert-OH is 1. The van der Waals surface area contributed by atoms with Gasteiger partial charge in [0, 0.05) is 0 Å². The molecule has 0 heterocycles. The molecule has 0 bridgehead atoms. The summed E-state index contributed by atoms with van der Waals surface area (Å²) < 4.78 is 0. The van der Waals surface area contributed by atoms with E-state index in [-0.39, 0.29) is 29.6 Å². The molecular weight excluding hydrogens is 339 g/mol. The molecule has 0 aromatic carbocycles. The Balaban J connectivity index is -0.000000649. The second kappa shape index (κ2) is 25.1. The second-order valence-corrected chi connectivity index (χ2v) is 7.33. The van der Waals surface area contributed by atoms with Crippen LogP contribution in [-0.2, 0) is 9.59 Å². The molecule has 0 aliphatic rings. The van der Waals surface area contributed by atoms with E-state index in [0.717, 1.165) is 12.3 Å². The smallest absolute Gasteiger partial charge is 0.542 e. The van der Waals surface area contributed by atoms with E-state index in [2.05, 4.69) is 13.8 Å². The van der Waals surface area contributed by atoms with Gasteiger partial charge in [0.25, 0.3) is 0 Å². The van der Waals surface area contributed by atoms with E-state index in [4.69, 9.17) is 10.2 Å². The number of carbonyl (C=O) groups is 1. The Bertz CT molecular complexity index is 294. The molecule has 1 atom stereocenters. The van der Waals surface area contributed by atoms with Gasteiger partial charge in [0.05, 0.1) is 0 Å².